The highest BCUT2D eigenvalue weighted by Gasteiger charge is 2.16. The third-order valence-corrected chi connectivity index (χ3v) is 4.31. The van der Waals surface area contributed by atoms with Crippen molar-refractivity contribution in [1.82, 2.24) is 25.1 Å². The molecular weight excluding hydrogens is 394 g/mol. The lowest BCUT2D eigenvalue weighted by molar-refractivity contribution is 0.0277. The minimum absolute atomic E-state index is 0. The van der Waals surface area contributed by atoms with Crippen molar-refractivity contribution in [2.45, 2.75) is 6.10 Å². The molecule has 1 aliphatic heterocycles. The van der Waals surface area contributed by atoms with Crippen LogP contribution in [0.4, 0.5) is 5.69 Å². The summed E-state index contributed by atoms with van der Waals surface area (Å²) in [5.74, 6) is -0.0357. The molecule has 1 aromatic carbocycles. The molecule has 3 aromatic rings. The van der Waals surface area contributed by atoms with Gasteiger partial charge in [-0.1, -0.05) is 12.1 Å². The van der Waals surface area contributed by atoms with Crippen LogP contribution in [0, 0.1) is 11.3 Å². The number of carbonyl (C=O) groups excluding carboxylic acids is 1. The number of carbonyl (C=O) groups is 1. The predicted octanol–water partition coefficient (Wildman–Crippen LogP) is 1.87. The van der Waals surface area contributed by atoms with Crippen molar-refractivity contribution in [2.75, 3.05) is 25.0 Å². The number of benzene rings is 1. The Hall–Kier alpha value is -3.32. The maximum atomic E-state index is 12.5. The predicted molar refractivity (Wildman–Crippen MR) is 107 cm³/mol. The van der Waals surface area contributed by atoms with E-state index >= 15 is 0 Å². The summed E-state index contributed by atoms with van der Waals surface area (Å²) in [4.78, 5) is 20.5. The van der Waals surface area contributed by atoms with Crippen molar-refractivity contribution in [1.29, 1.82) is 5.26 Å². The minimum Gasteiger partial charge on any atom is -0.371 e. The highest BCUT2D eigenvalue weighted by atomic mass is 35.5. The number of anilines is 1. The molecule has 1 atom stereocenters. The topological polar surface area (TPSA) is 118 Å². The van der Waals surface area contributed by atoms with Gasteiger partial charge in [0.1, 0.15) is 6.07 Å². The summed E-state index contributed by atoms with van der Waals surface area (Å²) in [5, 5.41) is 19.4. The Bertz CT molecular complexity index is 1020. The monoisotopic (exact) mass is 411 g/mol. The summed E-state index contributed by atoms with van der Waals surface area (Å²) in [6.07, 6.45) is 5.84. The third-order valence-electron chi connectivity index (χ3n) is 4.31. The van der Waals surface area contributed by atoms with E-state index in [0.717, 1.165) is 18.7 Å². The quantitative estimate of drug-likeness (QED) is 0.672. The van der Waals surface area contributed by atoms with E-state index in [0.29, 0.717) is 17.9 Å². The molecular formula is C19H18ClN7O2. The molecule has 1 aliphatic rings. The first-order valence-corrected chi connectivity index (χ1v) is 8.74. The summed E-state index contributed by atoms with van der Waals surface area (Å²) in [6.45, 7) is 2.33. The van der Waals surface area contributed by atoms with E-state index in [2.05, 4.69) is 25.7 Å². The molecule has 0 bridgehead atoms. The zero-order valence-corrected chi connectivity index (χ0v) is 16.1. The van der Waals surface area contributed by atoms with Crippen LogP contribution in [0.1, 0.15) is 27.7 Å². The van der Waals surface area contributed by atoms with Gasteiger partial charge in [0.15, 0.2) is 11.5 Å². The first-order chi connectivity index (χ1) is 13.7. The number of nitrogens with zero attached hydrogens (tertiary/aromatic N) is 5. The van der Waals surface area contributed by atoms with Crippen molar-refractivity contribution >= 4 is 24.0 Å². The summed E-state index contributed by atoms with van der Waals surface area (Å²) in [6, 6.07) is 9.51. The summed E-state index contributed by atoms with van der Waals surface area (Å²) in [7, 11) is 0. The second-order valence-electron chi connectivity index (χ2n) is 6.15. The molecule has 3 heterocycles. The molecule has 2 N–H and O–H groups in total. The number of rotatable bonds is 4. The number of hydrogen-bond acceptors (Lipinski definition) is 7. The summed E-state index contributed by atoms with van der Waals surface area (Å²) >= 11 is 0. The van der Waals surface area contributed by atoms with Gasteiger partial charge in [-0.05, 0) is 17.7 Å². The fourth-order valence-corrected chi connectivity index (χ4v) is 2.90. The number of nitrogens with one attached hydrogen (secondary N) is 2. The van der Waals surface area contributed by atoms with Gasteiger partial charge >= 0.3 is 0 Å². The van der Waals surface area contributed by atoms with Crippen LogP contribution in [0.25, 0.3) is 5.82 Å². The van der Waals surface area contributed by atoms with Crippen LogP contribution >= 0.6 is 12.4 Å². The largest absolute Gasteiger partial charge is 0.371 e. The van der Waals surface area contributed by atoms with Gasteiger partial charge < -0.3 is 15.4 Å². The molecule has 1 saturated heterocycles. The Morgan fingerprint density at radius 1 is 1.28 bits per heavy atom. The Morgan fingerprint density at radius 2 is 2.07 bits per heavy atom. The van der Waals surface area contributed by atoms with Gasteiger partial charge in [-0.2, -0.15) is 10.4 Å². The third kappa shape index (κ3) is 4.57. The molecule has 2 aromatic heterocycles. The molecule has 0 aliphatic carbocycles. The lowest BCUT2D eigenvalue weighted by Crippen LogP contribution is -2.33. The van der Waals surface area contributed by atoms with Crippen molar-refractivity contribution in [3.05, 3.63) is 65.9 Å². The van der Waals surface area contributed by atoms with Crippen molar-refractivity contribution in [3.63, 3.8) is 0 Å². The first-order valence-electron chi connectivity index (χ1n) is 8.74. The van der Waals surface area contributed by atoms with E-state index in [1.165, 1.54) is 29.5 Å². The minimum atomic E-state index is -0.308. The van der Waals surface area contributed by atoms with Crippen LogP contribution in [-0.2, 0) is 4.74 Å². The molecule has 1 amide bonds. The van der Waals surface area contributed by atoms with E-state index in [4.69, 9.17) is 10.00 Å². The van der Waals surface area contributed by atoms with E-state index in [-0.39, 0.29) is 35.9 Å². The van der Waals surface area contributed by atoms with Crippen LogP contribution in [-0.4, -0.2) is 45.4 Å². The Balaban J connectivity index is 0.00000240. The van der Waals surface area contributed by atoms with E-state index in [1.54, 1.807) is 0 Å². The molecule has 0 radical (unpaired) electrons. The van der Waals surface area contributed by atoms with Crippen molar-refractivity contribution < 1.29 is 9.53 Å². The molecule has 4 rings (SSSR count). The van der Waals surface area contributed by atoms with Crippen LogP contribution in [0.5, 0.6) is 0 Å². The van der Waals surface area contributed by atoms with Gasteiger partial charge in [-0.3, -0.25) is 4.79 Å². The van der Waals surface area contributed by atoms with Gasteiger partial charge in [-0.25, -0.2) is 14.6 Å². The second-order valence-corrected chi connectivity index (χ2v) is 6.15. The zero-order chi connectivity index (χ0) is 19.3. The summed E-state index contributed by atoms with van der Waals surface area (Å²) in [5.41, 5.74) is 2.21. The maximum Gasteiger partial charge on any atom is 0.258 e. The number of hydrogen-bond donors (Lipinski definition) is 2. The molecule has 0 spiro atoms. The lowest BCUT2D eigenvalue weighted by atomic mass is 10.1. The van der Waals surface area contributed by atoms with Gasteiger partial charge in [-0.15, -0.1) is 12.4 Å². The van der Waals surface area contributed by atoms with Gasteiger partial charge in [0.05, 0.1) is 24.5 Å². The molecule has 10 heteroatoms. The van der Waals surface area contributed by atoms with Gasteiger partial charge in [0.2, 0.25) is 0 Å². The van der Waals surface area contributed by atoms with Gasteiger partial charge in [0, 0.05) is 37.4 Å². The maximum absolute atomic E-state index is 12.5. The number of halogens is 1. The van der Waals surface area contributed by atoms with E-state index < -0.39 is 0 Å². The van der Waals surface area contributed by atoms with Crippen molar-refractivity contribution in [2.24, 2.45) is 0 Å². The molecule has 29 heavy (non-hydrogen) atoms. The molecule has 148 valence electrons. The van der Waals surface area contributed by atoms with Crippen molar-refractivity contribution in [3.8, 4) is 11.9 Å². The number of aromatic nitrogens is 4. The number of nitriles is 1. The zero-order valence-electron chi connectivity index (χ0n) is 15.3. The molecule has 9 nitrogen and oxygen atoms in total. The lowest BCUT2D eigenvalue weighted by Gasteiger charge is -2.24. The Kier molecular flexibility index (Phi) is 6.51. The Morgan fingerprint density at radius 3 is 2.79 bits per heavy atom. The smallest absolute Gasteiger partial charge is 0.258 e. The highest BCUT2D eigenvalue weighted by Crippen LogP contribution is 2.21. The normalized spacial score (nSPS) is 15.8. The molecule has 1 fully saturated rings. The first kappa shape index (κ1) is 20.4. The van der Waals surface area contributed by atoms with Crippen LogP contribution in [0.3, 0.4) is 0 Å². The Labute approximate surface area is 173 Å². The van der Waals surface area contributed by atoms with Crippen LogP contribution < -0.4 is 10.6 Å². The molecule has 0 saturated carbocycles. The fraction of sp³-hybridized carbons (Fsp3) is 0.211. The average molecular weight is 412 g/mol. The fourth-order valence-electron chi connectivity index (χ4n) is 2.90. The standard InChI is InChI=1S/C19H17N7O2.ClH/c20-9-16-18(23-6-5-22-16)26-12-14(10-24-26)19(27)25-15-3-1-13(2-4-15)17-11-21-7-8-28-17;/h1-6,10,12,17,21H,7-8,11H2,(H,25,27);1H/t17-;/m1./s1. The van der Waals surface area contributed by atoms with Crippen LogP contribution in [0.15, 0.2) is 49.1 Å². The number of morpholine rings is 1. The highest BCUT2D eigenvalue weighted by molar-refractivity contribution is 6.04. The van der Waals surface area contributed by atoms with E-state index in [1.807, 2.05) is 30.3 Å². The van der Waals surface area contributed by atoms with Gasteiger partial charge in [0.25, 0.3) is 5.91 Å². The van der Waals surface area contributed by atoms with E-state index in [9.17, 15) is 4.79 Å². The summed E-state index contributed by atoms with van der Waals surface area (Å²) < 4.78 is 7.08. The SMILES string of the molecule is Cl.N#Cc1nccnc1-n1cc(C(=O)Nc2ccc([C@H]3CNCCO3)cc2)cn1. The number of amides is 1. The number of ether oxygens (including phenoxy) is 1. The average Bonchev–Trinajstić information content (AvgIpc) is 3.25. The molecule has 0 unspecified atom stereocenters. The second kappa shape index (κ2) is 9.25. The van der Waals surface area contributed by atoms with Crippen LogP contribution in [0.2, 0.25) is 0 Å².